The van der Waals surface area contributed by atoms with Crippen LogP contribution >= 0.6 is 11.6 Å². The SMILES string of the molecule is CCCN1CCC(N2CCN(C(=O)C(c3ccccc3)n3c(=O)n(S(=O)(=O)c4ccc(OC)cc4)c4ccc(Cl)cc43)CC2)CC1. The van der Waals surface area contributed by atoms with Crippen molar-refractivity contribution in [3.8, 4) is 5.75 Å². The highest BCUT2D eigenvalue weighted by Gasteiger charge is 2.36. The van der Waals surface area contributed by atoms with Crippen molar-refractivity contribution in [1.29, 1.82) is 0 Å². The first-order valence-corrected chi connectivity index (χ1v) is 17.7. The molecule has 2 fully saturated rings. The van der Waals surface area contributed by atoms with Crippen LogP contribution in [0.25, 0.3) is 11.0 Å². The summed E-state index contributed by atoms with van der Waals surface area (Å²) in [6.45, 7) is 8.10. The van der Waals surface area contributed by atoms with Crippen LogP contribution < -0.4 is 10.4 Å². The summed E-state index contributed by atoms with van der Waals surface area (Å²) in [5.74, 6) is 0.226. The summed E-state index contributed by atoms with van der Waals surface area (Å²) in [5, 5.41) is 0.318. The van der Waals surface area contributed by atoms with Crippen molar-refractivity contribution in [3.05, 3.63) is 93.9 Å². The van der Waals surface area contributed by atoms with Gasteiger partial charge in [0.05, 0.1) is 23.0 Å². The molecule has 4 aromatic rings. The lowest BCUT2D eigenvalue weighted by atomic mass is 10.0. The van der Waals surface area contributed by atoms with Gasteiger partial charge in [-0.25, -0.2) is 13.2 Å². The number of ether oxygens (including phenoxy) is 1. The van der Waals surface area contributed by atoms with Crippen LogP contribution in [0.4, 0.5) is 0 Å². The van der Waals surface area contributed by atoms with E-state index >= 15 is 0 Å². The number of rotatable bonds is 9. The Hall–Kier alpha value is -3.64. The number of piperazine rings is 1. The molecule has 2 aliphatic rings. The second-order valence-corrected chi connectivity index (χ2v) is 14.2. The van der Waals surface area contributed by atoms with Crippen molar-refractivity contribution in [1.82, 2.24) is 23.2 Å². The smallest absolute Gasteiger partial charge is 0.344 e. The highest BCUT2D eigenvalue weighted by atomic mass is 35.5. The molecule has 1 unspecified atom stereocenters. The van der Waals surface area contributed by atoms with Gasteiger partial charge in [0.2, 0.25) is 0 Å². The largest absolute Gasteiger partial charge is 0.497 e. The zero-order valence-corrected chi connectivity index (χ0v) is 27.8. The molecule has 0 radical (unpaired) electrons. The summed E-state index contributed by atoms with van der Waals surface area (Å²) in [6.07, 6.45) is 3.41. The number of carbonyl (C=O) groups excluding carboxylic acids is 1. The quantitative estimate of drug-likeness (QED) is 0.263. The zero-order valence-electron chi connectivity index (χ0n) is 26.2. The fourth-order valence-corrected chi connectivity index (χ4v) is 8.41. The van der Waals surface area contributed by atoms with Crippen LogP contribution in [-0.4, -0.2) is 96.5 Å². The van der Waals surface area contributed by atoms with Crippen molar-refractivity contribution < 1.29 is 17.9 Å². The number of carbonyl (C=O) groups is 1. The van der Waals surface area contributed by atoms with E-state index < -0.39 is 21.8 Å². The number of nitrogens with zero attached hydrogens (tertiary/aromatic N) is 5. The van der Waals surface area contributed by atoms with E-state index in [0.29, 0.717) is 35.5 Å². The van der Waals surface area contributed by atoms with Crippen molar-refractivity contribution in [2.24, 2.45) is 0 Å². The van der Waals surface area contributed by atoms with Gasteiger partial charge in [-0.2, -0.15) is 3.97 Å². The van der Waals surface area contributed by atoms with Crippen LogP contribution in [0.3, 0.4) is 0 Å². The number of benzene rings is 3. The maximum atomic E-state index is 14.5. The van der Waals surface area contributed by atoms with Crippen molar-refractivity contribution in [2.45, 2.75) is 43.2 Å². The van der Waals surface area contributed by atoms with Crippen molar-refractivity contribution in [2.75, 3.05) is 52.9 Å². The Labute approximate surface area is 274 Å². The molecule has 2 aliphatic heterocycles. The number of methoxy groups -OCH3 is 1. The lowest BCUT2D eigenvalue weighted by molar-refractivity contribution is -0.135. The van der Waals surface area contributed by atoms with E-state index in [1.54, 1.807) is 29.2 Å². The summed E-state index contributed by atoms with van der Waals surface area (Å²) in [6, 6.07) is 18.9. The molecule has 1 atom stereocenters. The average Bonchev–Trinajstić information content (AvgIpc) is 3.37. The Balaban J connectivity index is 1.36. The molecule has 244 valence electrons. The Bertz CT molecular complexity index is 1840. The Morgan fingerprint density at radius 2 is 1.59 bits per heavy atom. The third-order valence-electron chi connectivity index (χ3n) is 9.24. The molecule has 0 spiro atoms. The molecule has 2 saturated heterocycles. The number of fused-ring (bicyclic) bond motifs is 1. The fourth-order valence-electron chi connectivity index (χ4n) is 6.84. The minimum Gasteiger partial charge on any atom is -0.497 e. The topological polar surface area (TPSA) is 97.1 Å². The molecular weight excluding hydrogens is 626 g/mol. The summed E-state index contributed by atoms with van der Waals surface area (Å²) < 4.78 is 35.3. The maximum absolute atomic E-state index is 14.5. The lowest BCUT2D eigenvalue weighted by Crippen LogP contribution is -2.55. The minimum atomic E-state index is -4.36. The Morgan fingerprint density at radius 1 is 0.913 bits per heavy atom. The first-order chi connectivity index (χ1) is 22.2. The van der Waals surface area contributed by atoms with E-state index in [-0.39, 0.29) is 21.8 Å². The predicted octanol–water partition coefficient (Wildman–Crippen LogP) is 4.31. The van der Waals surface area contributed by atoms with Crippen molar-refractivity contribution >= 4 is 38.6 Å². The molecule has 3 heterocycles. The number of likely N-dealkylation sites (tertiary alicyclic amines) is 1. The first-order valence-electron chi connectivity index (χ1n) is 15.8. The number of amides is 1. The van der Waals surface area contributed by atoms with E-state index in [2.05, 4.69) is 16.7 Å². The lowest BCUT2D eigenvalue weighted by Gasteiger charge is -2.43. The van der Waals surface area contributed by atoms with Gasteiger partial charge in [0, 0.05) is 37.2 Å². The summed E-state index contributed by atoms with van der Waals surface area (Å²) in [7, 11) is -2.87. The van der Waals surface area contributed by atoms with Gasteiger partial charge in [-0.3, -0.25) is 14.3 Å². The Morgan fingerprint density at radius 3 is 2.22 bits per heavy atom. The average molecular weight is 666 g/mol. The number of hydrogen-bond acceptors (Lipinski definition) is 7. The van der Waals surface area contributed by atoms with Gasteiger partial charge < -0.3 is 14.5 Å². The van der Waals surface area contributed by atoms with E-state index in [1.165, 1.54) is 42.0 Å². The first kappa shape index (κ1) is 32.3. The van der Waals surface area contributed by atoms with Crippen LogP contribution in [0.15, 0.2) is 82.5 Å². The zero-order chi connectivity index (χ0) is 32.4. The van der Waals surface area contributed by atoms with Crippen LogP contribution in [0.2, 0.25) is 5.02 Å². The standard InChI is InChI=1S/C34H40ClN5O5S/c1-3-17-36-18-15-27(16-19-36)37-20-22-38(23-21-37)33(41)32(25-7-5-4-6-8-25)39-31-24-26(35)9-14-30(31)40(34(39)42)46(43,44)29-12-10-28(45-2)11-13-29/h4-14,24,27,32H,3,15-23H2,1-2H3. The van der Waals surface area contributed by atoms with E-state index in [0.717, 1.165) is 56.0 Å². The van der Waals surface area contributed by atoms with E-state index in [1.807, 2.05) is 18.2 Å². The van der Waals surface area contributed by atoms with Gasteiger partial charge in [-0.15, -0.1) is 0 Å². The predicted molar refractivity (Wildman–Crippen MR) is 179 cm³/mol. The molecule has 10 nitrogen and oxygen atoms in total. The molecule has 0 saturated carbocycles. The molecule has 0 bridgehead atoms. The normalized spacial score (nSPS) is 17.8. The molecule has 46 heavy (non-hydrogen) atoms. The molecular formula is C34H40ClN5O5S. The third kappa shape index (κ3) is 6.21. The molecule has 0 N–H and O–H groups in total. The van der Waals surface area contributed by atoms with E-state index in [9.17, 15) is 18.0 Å². The summed E-state index contributed by atoms with van der Waals surface area (Å²) in [4.78, 5) is 35.6. The highest BCUT2D eigenvalue weighted by Crippen LogP contribution is 2.30. The van der Waals surface area contributed by atoms with Gasteiger partial charge in [-0.1, -0.05) is 48.9 Å². The molecule has 0 aliphatic carbocycles. The van der Waals surface area contributed by atoms with Gasteiger partial charge in [0.15, 0.2) is 0 Å². The maximum Gasteiger partial charge on any atom is 0.344 e. The monoisotopic (exact) mass is 665 g/mol. The van der Waals surface area contributed by atoms with Crippen LogP contribution in [0, 0.1) is 0 Å². The Kier molecular flexibility index (Phi) is 9.56. The summed E-state index contributed by atoms with van der Waals surface area (Å²) >= 11 is 6.42. The van der Waals surface area contributed by atoms with Crippen LogP contribution in [0.1, 0.15) is 37.8 Å². The molecule has 12 heteroatoms. The molecule has 3 aromatic carbocycles. The van der Waals surface area contributed by atoms with Crippen molar-refractivity contribution in [3.63, 3.8) is 0 Å². The number of piperidine rings is 1. The molecule has 6 rings (SSSR count). The molecule has 1 aromatic heterocycles. The number of imidazole rings is 1. The van der Waals surface area contributed by atoms with Crippen LogP contribution in [0.5, 0.6) is 5.75 Å². The second-order valence-electron chi connectivity index (χ2n) is 12.0. The third-order valence-corrected chi connectivity index (χ3v) is 11.2. The van der Waals surface area contributed by atoms with Gasteiger partial charge in [0.1, 0.15) is 11.8 Å². The number of aromatic nitrogens is 2. The van der Waals surface area contributed by atoms with Gasteiger partial charge in [-0.05, 0) is 86.9 Å². The minimum absolute atomic E-state index is 0.0800. The van der Waals surface area contributed by atoms with Crippen LogP contribution in [-0.2, 0) is 14.8 Å². The van der Waals surface area contributed by atoms with Gasteiger partial charge >= 0.3 is 5.69 Å². The second kappa shape index (κ2) is 13.6. The fraction of sp³-hybridized carbons (Fsp3) is 0.412. The summed E-state index contributed by atoms with van der Waals surface area (Å²) in [5.41, 5.74) is 0.140. The molecule has 1 amide bonds. The number of halogens is 1. The number of hydrogen-bond donors (Lipinski definition) is 0. The van der Waals surface area contributed by atoms with E-state index in [4.69, 9.17) is 16.3 Å². The highest BCUT2D eigenvalue weighted by molar-refractivity contribution is 7.90. The van der Waals surface area contributed by atoms with Gasteiger partial charge in [0.25, 0.3) is 15.9 Å².